The molecule has 2 rings (SSSR count). The fourth-order valence-corrected chi connectivity index (χ4v) is 4.24. The van der Waals surface area contributed by atoms with Gasteiger partial charge < -0.3 is 9.84 Å². The first-order valence-electron chi connectivity index (χ1n) is 8.30. The van der Waals surface area contributed by atoms with Crippen molar-refractivity contribution in [2.45, 2.75) is 57.5 Å². The average molecular weight is 376 g/mol. The minimum Gasteiger partial charge on any atom is -0.465 e. The molecule has 0 saturated heterocycles. The number of ether oxygens (including phenoxy) is 1. The molecular formula is C16H22F6O3. The smallest absolute Gasteiger partial charge is 0.426 e. The summed E-state index contributed by atoms with van der Waals surface area (Å²) >= 11 is 0. The molecule has 2 aliphatic rings. The highest BCUT2D eigenvalue weighted by atomic mass is 19.4. The zero-order valence-electron chi connectivity index (χ0n) is 14.0. The van der Waals surface area contributed by atoms with Crippen molar-refractivity contribution in [2.24, 2.45) is 29.6 Å². The predicted molar refractivity (Wildman–Crippen MR) is 75.3 cm³/mol. The molecule has 0 heterocycles. The summed E-state index contributed by atoms with van der Waals surface area (Å²) in [6.45, 7) is 3.29. The van der Waals surface area contributed by atoms with Gasteiger partial charge in [-0.3, -0.25) is 4.79 Å². The van der Waals surface area contributed by atoms with Crippen molar-refractivity contribution in [3.63, 3.8) is 0 Å². The van der Waals surface area contributed by atoms with Crippen LogP contribution < -0.4 is 0 Å². The van der Waals surface area contributed by atoms with Crippen molar-refractivity contribution in [3.05, 3.63) is 0 Å². The molecule has 0 spiro atoms. The lowest BCUT2D eigenvalue weighted by atomic mass is 9.79. The van der Waals surface area contributed by atoms with Gasteiger partial charge in [-0.05, 0) is 49.4 Å². The number of carbonyl (C=O) groups excluding carboxylic acids is 1. The van der Waals surface area contributed by atoms with Gasteiger partial charge in [0.1, 0.15) is 0 Å². The van der Waals surface area contributed by atoms with E-state index in [1.807, 2.05) is 0 Å². The Hall–Kier alpha value is -0.990. The summed E-state index contributed by atoms with van der Waals surface area (Å²) in [5.41, 5.74) is -4.70. The minimum absolute atomic E-state index is 0.0132. The normalized spacial score (nSPS) is 30.2. The molecule has 0 aromatic carbocycles. The highest BCUT2D eigenvalue weighted by molar-refractivity contribution is 5.71. The largest absolute Gasteiger partial charge is 0.465 e. The van der Waals surface area contributed by atoms with Crippen LogP contribution in [0, 0.1) is 29.6 Å². The quantitative estimate of drug-likeness (QED) is 0.581. The van der Waals surface area contributed by atoms with E-state index >= 15 is 0 Å². The molecule has 0 aromatic rings. The number of fused-ring (bicyclic) bond motifs is 2. The molecule has 9 heteroatoms. The maximum Gasteiger partial charge on any atom is 0.426 e. The monoisotopic (exact) mass is 376 g/mol. The van der Waals surface area contributed by atoms with Crippen molar-refractivity contribution in [2.75, 3.05) is 6.61 Å². The second kappa shape index (κ2) is 6.63. The van der Waals surface area contributed by atoms with Crippen molar-refractivity contribution >= 4 is 5.97 Å². The lowest BCUT2D eigenvalue weighted by Gasteiger charge is -2.36. The fraction of sp³-hybridized carbons (Fsp3) is 0.938. The summed E-state index contributed by atoms with van der Waals surface area (Å²) in [4.78, 5) is 11.5. The first kappa shape index (κ1) is 20.3. The molecule has 4 atom stereocenters. The predicted octanol–water partition coefficient (Wildman–Crippen LogP) is 4.09. The molecular weight excluding hydrogens is 354 g/mol. The highest BCUT2D eigenvalue weighted by Gasteiger charge is 2.71. The molecule has 2 bridgehead atoms. The Morgan fingerprint density at radius 1 is 1.12 bits per heavy atom. The Balaban J connectivity index is 2.08. The SMILES string of the molecule is CC(C)C(=O)OCC1C2CCC1C(CC(O)(C(F)(F)F)C(F)(F)F)C2. The topological polar surface area (TPSA) is 46.5 Å². The van der Waals surface area contributed by atoms with E-state index in [1.54, 1.807) is 13.8 Å². The van der Waals surface area contributed by atoms with Gasteiger partial charge in [-0.2, -0.15) is 26.3 Å². The summed E-state index contributed by atoms with van der Waals surface area (Å²) in [6, 6.07) is 0. The average Bonchev–Trinajstić information content (AvgIpc) is 2.98. The summed E-state index contributed by atoms with van der Waals surface area (Å²) < 4.78 is 82.5. The van der Waals surface area contributed by atoms with Crippen LogP contribution in [0.1, 0.15) is 39.5 Å². The van der Waals surface area contributed by atoms with Crippen LogP contribution in [0.4, 0.5) is 26.3 Å². The zero-order chi connectivity index (χ0) is 19.2. The van der Waals surface area contributed by atoms with E-state index in [0.29, 0.717) is 12.8 Å². The van der Waals surface area contributed by atoms with Crippen LogP contribution in [0.5, 0.6) is 0 Å². The second-order valence-electron chi connectivity index (χ2n) is 7.51. The Morgan fingerprint density at radius 3 is 2.16 bits per heavy atom. The molecule has 0 radical (unpaired) electrons. The lowest BCUT2D eigenvalue weighted by molar-refractivity contribution is -0.373. The van der Waals surface area contributed by atoms with Gasteiger partial charge >= 0.3 is 18.3 Å². The van der Waals surface area contributed by atoms with E-state index in [0.717, 1.165) is 0 Å². The minimum atomic E-state index is -5.79. The number of carbonyl (C=O) groups is 1. The summed E-state index contributed by atoms with van der Waals surface area (Å²) in [5.74, 6) is -2.39. The first-order valence-corrected chi connectivity index (χ1v) is 8.30. The van der Waals surface area contributed by atoms with Crippen LogP contribution in [0.25, 0.3) is 0 Å². The molecule has 3 nitrogen and oxygen atoms in total. The van der Waals surface area contributed by atoms with E-state index < -0.39 is 42.2 Å². The van der Waals surface area contributed by atoms with E-state index in [-0.39, 0.29) is 30.8 Å². The Morgan fingerprint density at radius 2 is 1.68 bits per heavy atom. The van der Waals surface area contributed by atoms with E-state index in [2.05, 4.69) is 0 Å². The van der Waals surface area contributed by atoms with Gasteiger partial charge in [0.15, 0.2) is 0 Å². The van der Waals surface area contributed by atoms with E-state index in [9.17, 15) is 36.2 Å². The van der Waals surface area contributed by atoms with Crippen LogP contribution in [0.15, 0.2) is 0 Å². The van der Waals surface area contributed by atoms with Gasteiger partial charge in [-0.15, -0.1) is 0 Å². The zero-order valence-corrected chi connectivity index (χ0v) is 14.0. The third kappa shape index (κ3) is 3.75. The van der Waals surface area contributed by atoms with Gasteiger partial charge in [-0.25, -0.2) is 0 Å². The van der Waals surface area contributed by atoms with Gasteiger partial charge in [0.05, 0.1) is 12.5 Å². The molecule has 25 heavy (non-hydrogen) atoms. The fourth-order valence-electron chi connectivity index (χ4n) is 4.24. The molecule has 2 fully saturated rings. The van der Waals surface area contributed by atoms with Crippen LogP contribution in [0.2, 0.25) is 0 Å². The van der Waals surface area contributed by atoms with Crippen LogP contribution in [-0.4, -0.2) is 35.6 Å². The molecule has 0 aromatic heterocycles. The number of esters is 1. The van der Waals surface area contributed by atoms with Crippen molar-refractivity contribution in [1.82, 2.24) is 0 Å². The van der Waals surface area contributed by atoms with Gasteiger partial charge in [0, 0.05) is 0 Å². The third-order valence-electron chi connectivity index (χ3n) is 5.62. The number of aliphatic hydroxyl groups is 1. The van der Waals surface area contributed by atoms with E-state index in [1.165, 1.54) is 0 Å². The van der Waals surface area contributed by atoms with E-state index in [4.69, 9.17) is 4.74 Å². The maximum absolute atomic E-state index is 12.9. The van der Waals surface area contributed by atoms with Crippen molar-refractivity contribution < 1.29 is 41.0 Å². The number of hydrogen-bond donors (Lipinski definition) is 1. The van der Waals surface area contributed by atoms with Crippen LogP contribution in [-0.2, 0) is 9.53 Å². The van der Waals surface area contributed by atoms with Gasteiger partial charge in [0.2, 0.25) is 0 Å². The Bertz CT molecular complexity index is 485. The molecule has 1 N–H and O–H groups in total. The van der Waals surface area contributed by atoms with Gasteiger partial charge in [0.25, 0.3) is 5.60 Å². The molecule has 0 amide bonds. The van der Waals surface area contributed by atoms with Crippen LogP contribution in [0.3, 0.4) is 0 Å². The maximum atomic E-state index is 12.9. The highest BCUT2D eigenvalue weighted by Crippen LogP contribution is 2.57. The standard InChI is InChI=1S/C16H22F6O3/c1-8(2)13(23)25-7-12-9-3-4-11(12)10(5-9)6-14(24,15(17,18)19)16(20,21)22/h8-12,24H,3-7H2,1-2H3. The molecule has 0 aliphatic heterocycles. The summed E-state index contributed by atoms with van der Waals surface area (Å²) in [5, 5.41) is 9.41. The second-order valence-corrected chi connectivity index (χ2v) is 7.51. The number of hydrogen-bond acceptors (Lipinski definition) is 3. The number of alkyl halides is 6. The van der Waals surface area contributed by atoms with Crippen molar-refractivity contribution in [1.29, 1.82) is 0 Å². The molecule has 2 aliphatic carbocycles. The number of halogens is 6. The van der Waals surface area contributed by atoms with Crippen molar-refractivity contribution in [3.8, 4) is 0 Å². The molecule has 146 valence electrons. The Kier molecular flexibility index (Phi) is 5.39. The van der Waals surface area contributed by atoms with Gasteiger partial charge in [-0.1, -0.05) is 13.8 Å². The summed E-state index contributed by atoms with van der Waals surface area (Å²) in [7, 11) is 0. The number of rotatable bonds is 5. The Labute approximate surface area is 141 Å². The first-order chi connectivity index (χ1) is 11.3. The molecule has 2 saturated carbocycles. The summed E-state index contributed by atoms with van der Waals surface area (Å²) in [6.07, 6.45) is -11.6. The van der Waals surface area contributed by atoms with Crippen LogP contribution >= 0.6 is 0 Å². The molecule has 4 unspecified atom stereocenters. The third-order valence-corrected chi connectivity index (χ3v) is 5.62. The lowest BCUT2D eigenvalue weighted by Crippen LogP contribution is -2.58.